The van der Waals surface area contributed by atoms with Crippen LogP contribution in [0.4, 0.5) is 0 Å². The van der Waals surface area contributed by atoms with Gasteiger partial charge in [0.1, 0.15) is 22.1 Å². The zero-order chi connectivity index (χ0) is 36.5. The molecular weight excluding hydrogens is 676 g/mol. The smallest absolute Gasteiger partial charge is 0.249 e. The van der Waals surface area contributed by atoms with Crippen molar-refractivity contribution in [1.82, 2.24) is 60.0 Å². The van der Waals surface area contributed by atoms with Crippen molar-refractivity contribution in [1.29, 1.82) is 0 Å². The first-order valence-electron chi connectivity index (χ1n) is 17.2. The molecule has 0 N–H and O–H groups in total. The second kappa shape index (κ2) is 14.1. The summed E-state index contributed by atoms with van der Waals surface area (Å²) in [7, 11) is 0. The summed E-state index contributed by atoms with van der Waals surface area (Å²) < 4.78 is 5.01. The standard InChI is InChI=1S/C37H32N12O4/c1-23(20-35(51)47-31-15-7-3-11-27(31)39-43-47)25(22-37(53)49-33-17-9-5-13-29(33)41-45-49)24(21-36(52)48-32-16-8-4-12-28(32)40-44-48)18-19-34(50)46-30-14-6-2-10-26(30)38-42-46/h2-17,23-25H,18-22H2,1H3. The van der Waals surface area contributed by atoms with Crippen molar-refractivity contribution >= 4 is 67.8 Å². The van der Waals surface area contributed by atoms with Gasteiger partial charge in [0.05, 0.1) is 22.1 Å². The summed E-state index contributed by atoms with van der Waals surface area (Å²) in [5.41, 5.74) is 4.42. The highest BCUT2D eigenvalue weighted by Gasteiger charge is 2.35. The van der Waals surface area contributed by atoms with E-state index in [0.29, 0.717) is 44.1 Å². The summed E-state index contributed by atoms with van der Waals surface area (Å²) in [4.78, 5) is 55.8. The number of fused-ring (bicyclic) bond motifs is 4. The van der Waals surface area contributed by atoms with E-state index in [1.165, 1.54) is 18.7 Å². The molecule has 0 saturated heterocycles. The van der Waals surface area contributed by atoms with E-state index in [1.54, 1.807) is 84.9 Å². The summed E-state index contributed by atoms with van der Waals surface area (Å²) in [6.07, 6.45) is -0.0566. The van der Waals surface area contributed by atoms with Crippen LogP contribution in [0.5, 0.6) is 0 Å². The molecule has 0 aliphatic rings. The third-order valence-corrected chi connectivity index (χ3v) is 9.76. The average molecular weight is 709 g/mol. The van der Waals surface area contributed by atoms with Crippen molar-refractivity contribution in [2.45, 2.75) is 39.0 Å². The highest BCUT2D eigenvalue weighted by atomic mass is 16.2. The quantitative estimate of drug-likeness (QED) is 0.172. The van der Waals surface area contributed by atoms with E-state index in [-0.39, 0.29) is 55.7 Å². The Morgan fingerprint density at radius 3 is 1.23 bits per heavy atom. The average Bonchev–Trinajstić information content (AvgIpc) is 3.99. The Morgan fingerprint density at radius 1 is 0.472 bits per heavy atom. The van der Waals surface area contributed by atoms with Crippen molar-refractivity contribution in [2.75, 3.05) is 0 Å². The van der Waals surface area contributed by atoms with E-state index < -0.39 is 17.8 Å². The normalized spacial score (nSPS) is 13.5. The maximum Gasteiger partial charge on any atom is 0.249 e. The zero-order valence-electron chi connectivity index (χ0n) is 28.5. The molecule has 8 aromatic rings. The zero-order valence-corrected chi connectivity index (χ0v) is 28.5. The number of para-hydroxylation sites is 4. The largest absolute Gasteiger partial charge is 0.273 e. The molecule has 0 saturated carbocycles. The van der Waals surface area contributed by atoms with Gasteiger partial charge in [0.15, 0.2) is 0 Å². The van der Waals surface area contributed by atoms with E-state index in [2.05, 4.69) is 41.2 Å². The van der Waals surface area contributed by atoms with Crippen LogP contribution in [-0.2, 0) is 0 Å². The van der Waals surface area contributed by atoms with Gasteiger partial charge in [-0.2, -0.15) is 18.7 Å². The number of carbonyl (C=O) groups excluding carboxylic acids is 4. The van der Waals surface area contributed by atoms with Gasteiger partial charge < -0.3 is 0 Å². The molecule has 16 heteroatoms. The van der Waals surface area contributed by atoms with E-state index in [9.17, 15) is 19.2 Å². The van der Waals surface area contributed by atoms with Crippen molar-refractivity contribution in [3.05, 3.63) is 97.1 Å². The van der Waals surface area contributed by atoms with Crippen molar-refractivity contribution in [2.24, 2.45) is 17.8 Å². The minimum absolute atomic E-state index is 0.0191. The van der Waals surface area contributed by atoms with Gasteiger partial charge in [-0.25, -0.2) is 0 Å². The molecule has 0 fully saturated rings. The predicted octanol–water partition coefficient (Wildman–Crippen LogP) is 5.15. The summed E-state index contributed by atoms with van der Waals surface area (Å²) >= 11 is 0. The molecule has 0 amide bonds. The molecule has 4 aromatic carbocycles. The molecule has 0 aliphatic carbocycles. The fourth-order valence-corrected chi connectivity index (χ4v) is 7.04. The van der Waals surface area contributed by atoms with Crippen LogP contribution in [0.15, 0.2) is 97.1 Å². The molecule has 3 unspecified atom stereocenters. The van der Waals surface area contributed by atoms with E-state index in [0.717, 1.165) is 0 Å². The topological polar surface area (TPSA) is 191 Å². The molecule has 264 valence electrons. The molecule has 16 nitrogen and oxygen atoms in total. The maximum atomic E-state index is 14.1. The number of aromatic nitrogens is 12. The van der Waals surface area contributed by atoms with Crippen LogP contribution >= 0.6 is 0 Å². The number of hydrogen-bond acceptors (Lipinski definition) is 12. The fraction of sp³-hybridized carbons (Fsp3) is 0.243. The third-order valence-electron chi connectivity index (χ3n) is 9.76. The minimum Gasteiger partial charge on any atom is -0.273 e. The Hall–Kier alpha value is -6.84. The lowest BCUT2D eigenvalue weighted by Crippen LogP contribution is -2.32. The highest BCUT2D eigenvalue weighted by Crippen LogP contribution is 2.35. The van der Waals surface area contributed by atoms with Gasteiger partial charge in [-0.1, -0.05) is 76.3 Å². The first-order valence-corrected chi connectivity index (χ1v) is 17.2. The van der Waals surface area contributed by atoms with E-state index in [1.807, 2.05) is 19.1 Å². The van der Waals surface area contributed by atoms with Gasteiger partial charge in [0.25, 0.3) is 0 Å². The lowest BCUT2D eigenvalue weighted by Gasteiger charge is -2.31. The van der Waals surface area contributed by atoms with Crippen LogP contribution in [0.1, 0.15) is 58.2 Å². The van der Waals surface area contributed by atoms with Gasteiger partial charge in [0.2, 0.25) is 23.6 Å². The fourth-order valence-electron chi connectivity index (χ4n) is 7.04. The first-order chi connectivity index (χ1) is 25.9. The number of benzene rings is 4. The van der Waals surface area contributed by atoms with E-state index in [4.69, 9.17) is 0 Å². The van der Waals surface area contributed by atoms with Crippen molar-refractivity contribution in [3.63, 3.8) is 0 Å². The monoisotopic (exact) mass is 708 g/mol. The number of nitrogens with zero attached hydrogens (tertiary/aromatic N) is 12. The molecule has 4 heterocycles. The molecule has 0 aliphatic heterocycles. The highest BCUT2D eigenvalue weighted by molar-refractivity contribution is 5.92. The van der Waals surface area contributed by atoms with Crippen LogP contribution in [0.2, 0.25) is 0 Å². The Balaban J connectivity index is 1.15. The van der Waals surface area contributed by atoms with Crippen molar-refractivity contribution in [3.8, 4) is 0 Å². The summed E-state index contributed by atoms with van der Waals surface area (Å²) in [6.45, 7) is 1.86. The van der Waals surface area contributed by atoms with Crippen LogP contribution in [-0.4, -0.2) is 83.6 Å². The minimum atomic E-state index is -0.594. The van der Waals surface area contributed by atoms with Crippen LogP contribution in [0, 0.1) is 17.8 Å². The number of carbonyl (C=O) groups is 4. The first kappa shape index (κ1) is 33.3. The van der Waals surface area contributed by atoms with Crippen LogP contribution in [0.3, 0.4) is 0 Å². The SMILES string of the molecule is CC(CC(=O)n1nnc2ccccc21)C(CC(=O)n1nnc2ccccc21)C(CCC(=O)n1nnc2ccccc21)CC(=O)n1nnc2ccccc21. The summed E-state index contributed by atoms with van der Waals surface area (Å²) in [5, 5.41) is 33.0. The second-order valence-corrected chi connectivity index (χ2v) is 13.1. The Labute approximate surface area is 300 Å². The molecule has 3 atom stereocenters. The number of rotatable bonds is 11. The number of hydrogen-bond donors (Lipinski definition) is 0. The van der Waals surface area contributed by atoms with Crippen LogP contribution in [0.25, 0.3) is 44.1 Å². The molecule has 8 rings (SSSR count). The molecule has 4 aromatic heterocycles. The van der Waals surface area contributed by atoms with Crippen molar-refractivity contribution < 1.29 is 19.2 Å². The maximum absolute atomic E-state index is 14.1. The summed E-state index contributed by atoms with van der Waals surface area (Å²) in [6, 6.07) is 28.5. The Kier molecular flexibility index (Phi) is 8.83. The van der Waals surface area contributed by atoms with Gasteiger partial charge in [-0.15, -0.1) is 20.4 Å². The van der Waals surface area contributed by atoms with Crippen LogP contribution < -0.4 is 0 Å². The molecule has 0 radical (unpaired) electrons. The van der Waals surface area contributed by atoms with Gasteiger partial charge in [-0.3, -0.25) is 19.2 Å². The summed E-state index contributed by atoms with van der Waals surface area (Å²) in [5.74, 6) is -3.05. The molecule has 53 heavy (non-hydrogen) atoms. The van der Waals surface area contributed by atoms with Gasteiger partial charge in [-0.05, 0) is 72.7 Å². The molecule has 0 bridgehead atoms. The Morgan fingerprint density at radius 2 is 0.811 bits per heavy atom. The predicted molar refractivity (Wildman–Crippen MR) is 192 cm³/mol. The Bertz CT molecular complexity index is 2650. The second-order valence-electron chi connectivity index (χ2n) is 13.1. The van der Waals surface area contributed by atoms with E-state index >= 15 is 0 Å². The van der Waals surface area contributed by atoms with Gasteiger partial charge >= 0.3 is 0 Å². The third kappa shape index (κ3) is 6.45. The molecule has 0 spiro atoms. The lowest BCUT2D eigenvalue weighted by molar-refractivity contribution is 0.0687. The van der Waals surface area contributed by atoms with Gasteiger partial charge in [0, 0.05) is 25.7 Å². The molecular formula is C37H32N12O4. The lowest BCUT2D eigenvalue weighted by atomic mass is 9.74.